The molecule has 1 aliphatic heterocycles. The minimum atomic E-state index is -0.911. The highest BCUT2D eigenvalue weighted by molar-refractivity contribution is 6.09. The van der Waals surface area contributed by atoms with Crippen LogP contribution >= 0.6 is 0 Å². The van der Waals surface area contributed by atoms with Crippen molar-refractivity contribution in [1.82, 2.24) is 15.5 Å². The van der Waals surface area contributed by atoms with Crippen molar-refractivity contribution in [2.45, 2.75) is 52.1 Å². The summed E-state index contributed by atoms with van der Waals surface area (Å²) in [6, 6.07) is 4.56. The molecule has 1 aromatic carbocycles. The molecule has 4 amide bonds. The first-order valence-corrected chi connectivity index (χ1v) is 9.56. The van der Waals surface area contributed by atoms with Crippen LogP contribution in [0.5, 0.6) is 11.5 Å². The molecule has 0 aliphatic carbocycles. The van der Waals surface area contributed by atoms with Crippen LogP contribution in [-0.4, -0.2) is 48.5 Å². The van der Waals surface area contributed by atoms with Crippen LogP contribution in [0, 0.1) is 0 Å². The predicted molar refractivity (Wildman–Crippen MR) is 104 cm³/mol. The first kappa shape index (κ1) is 21.5. The third-order valence-electron chi connectivity index (χ3n) is 5.12. The van der Waals surface area contributed by atoms with E-state index in [2.05, 4.69) is 10.6 Å². The van der Waals surface area contributed by atoms with Gasteiger partial charge < -0.3 is 20.1 Å². The van der Waals surface area contributed by atoms with Crippen molar-refractivity contribution in [3.63, 3.8) is 0 Å². The fourth-order valence-corrected chi connectivity index (χ4v) is 3.29. The van der Waals surface area contributed by atoms with Crippen LogP contribution in [0.25, 0.3) is 0 Å². The quantitative estimate of drug-likeness (QED) is 0.630. The maximum absolute atomic E-state index is 12.6. The van der Waals surface area contributed by atoms with E-state index < -0.39 is 17.5 Å². The van der Waals surface area contributed by atoms with Gasteiger partial charge in [0.2, 0.25) is 5.91 Å². The zero-order valence-corrected chi connectivity index (χ0v) is 17.1. The van der Waals surface area contributed by atoms with Gasteiger partial charge in [0.25, 0.3) is 5.91 Å². The van der Waals surface area contributed by atoms with Gasteiger partial charge in [-0.2, -0.15) is 0 Å². The van der Waals surface area contributed by atoms with Crippen LogP contribution in [-0.2, 0) is 9.59 Å². The standard InChI is InChI=1S/C20H29N3O5/c1-6-20(7-2)18(25)23(19(26)22-20)12-17(24)21-13(4)14-9-10-15(28-8-3)16(11-14)27-5/h9-11,13H,6-8,12H2,1-5H3,(H,21,24)(H,22,26). The minimum absolute atomic E-state index is 0.315. The molecule has 0 radical (unpaired) electrons. The van der Waals surface area contributed by atoms with Crippen LogP contribution in [0.2, 0.25) is 0 Å². The van der Waals surface area contributed by atoms with Gasteiger partial charge in [-0.1, -0.05) is 19.9 Å². The van der Waals surface area contributed by atoms with E-state index in [0.717, 1.165) is 10.5 Å². The molecule has 1 saturated heterocycles. The summed E-state index contributed by atoms with van der Waals surface area (Å²) in [7, 11) is 1.55. The zero-order chi connectivity index (χ0) is 20.9. The van der Waals surface area contributed by atoms with Crippen molar-refractivity contribution < 1.29 is 23.9 Å². The van der Waals surface area contributed by atoms with Crippen LogP contribution in [0.3, 0.4) is 0 Å². The second kappa shape index (κ2) is 8.95. The maximum atomic E-state index is 12.6. The lowest BCUT2D eigenvalue weighted by molar-refractivity contribution is -0.135. The molecule has 1 unspecified atom stereocenters. The molecule has 1 aromatic rings. The second-order valence-corrected chi connectivity index (χ2v) is 6.74. The molecule has 0 bridgehead atoms. The number of amides is 4. The van der Waals surface area contributed by atoms with Gasteiger partial charge in [0.1, 0.15) is 12.1 Å². The molecule has 1 heterocycles. The molecule has 1 atom stereocenters. The van der Waals surface area contributed by atoms with Gasteiger partial charge in [-0.3, -0.25) is 14.5 Å². The van der Waals surface area contributed by atoms with Crippen molar-refractivity contribution in [1.29, 1.82) is 0 Å². The van der Waals surface area contributed by atoms with Gasteiger partial charge in [-0.25, -0.2) is 4.79 Å². The van der Waals surface area contributed by atoms with Crippen molar-refractivity contribution in [3.8, 4) is 11.5 Å². The highest BCUT2D eigenvalue weighted by atomic mass is 16.5. The Morgan fingerprint density at radius 2 is 1.89 bits per heavy atom. The number of nitrogens with zero attached hydrogens (tertiary/aromatic N) is 1. The summed E-state index contributed by atoms with van der Waals surface area (Å²) in [4.78, 5) is 38.2. The number of carbonyl (C=O) groups excluding carboxylic acids is 3. The Bertz CT molecular complexity index is 745. The number of ether oxygens (including phenoxy) is 2. The number of methoxy groups -OCH3 is 1. The number of imide groups is 1. The molecular weight excluding hydrogens is 362 g/mol. The number of nitrogens with one attached hydrogen (secondary N) is 2. The Morgan fingerprint density at radius 3 is 2.43 bits per heavy atom. The molecule has 0 aromatic heterocycles. The lowest BCUT2D eigenvalue weighted by atomic mass is 9.93. The smallest absolute Gasteiger partial charge is 0.325 e. The molecule has 2 N–H and O–H groups in total. The summed E-state index contributed by atoms with van der Waals surface area (Å²) >= 11 is 0. The largest absolute Gasteiger partial charge is 0.493 e. The Balaban J connectivity index is 2.05. The summed E-state index contributed by atoms with van der Waals surface area (Å²) in [5.41, 5.74) is -0.0897. The van der Waals surface area contributed by atoms with E-state index in [9.17, 15) is 14.4 Å². The highest BCUT2D eigenvalue weighted by Crippen LogP contribution is 2.30. The third kappa shape index (κ3) is 4.21. The van der Waals surface area contributed by atoms with Crippen LogP contribution < -0.4 is 20.1 Å². The predicted octanol–water partition coefficient (Wildman–Crippen LogP) is 2.38. The molecule has 1 aliphatic rings. The van der Waals surface area contributed by atoms with E-state index in [1.807, 2.05) is 33.8 Å². The number of hydrogen-bond donors (Lipinski definition) is 2. The van der Waals surface area contributed by atoms with Gasteiger partial charge in [0.15, 0.2) is 11.5 Å². The van der Waals surface area contributed by atoms with Gasteiger partial charge >= 0.3 is 6.03 Å². The van der Waals surface area contributed by atoms with Crippen molar-refractivity contribution in [3.05, 3.63) is 23.8 Å². The fourth-order valence-electron chi connectivity index (χ4n) is 3.29. The monoisotopic (exact) mass is 391 g/mol. The van der Waals surface area contributed by atoms with Gasteiger partial charge in [-0.05, 0) is 44.4 Å². The zero-order valence-electron chi connectivity index (χ0n) is 17.1. The van der Waals surface area contributed by atoms with Gasteiger partial charge in [0.05, 0.1) is 19.8 Å². The van der Waals surface area contributed by atoms with Gasteiger partial charge in [-0.15, -0.1) is 0 Å². The SMILES string of the molecule is CCOc1ccc(C(C)NC(=O)CN2C(=O)NC(CC)(CC)C2=O)cc1OC. The van der Waals surface area contributed by atoms with E-state index in [1.54, 1.807) is 19.2 Å². The lowest BCUT2D eigenvalue weighted by Crippen LogP contribution is -2.46. The first-order valence-electron chi connectivity index (χ1n) is 9.56. The van der Waals surface area contributed by atoms with E-state index in [0.29, 0.717) is 30.9 Å². The number of benzene rings is 1. The van der Waals surface area contributed by atoms with E-state index in [-0.39, 0.29) is 18.5 Å². The summed E-state index contributed by atoms with van der Waals surface area (Å²) < 4.78 is 10.8. The normalized spacial score (nSPS) is 16.5. The Hall–Kier alpha value is -2.77. The first-order chi connectivity index (χ1) is 13.3. The van der Waals surface area contributed by atoms with Crippen LogP contribution in [0.4, 0.5) is 4.79 Å². The Kier molecular flexibility index (Phi) is 6.88. The van der Waals surface area contributed by atoms with E-state index in [1.165, 1.54) is 0 Å². The molecule has 0 spiro atoms. The minimum Gasteiger partial charge on any atom is -0.493 e. The second-order valence-electron chi connectivity index (χ2n) is 6.74. The van der Waals surface area contributed by atoms with E-state index >= 15 is 0 Å². The summed E-state index contributed by atoms with van der Waals surface area (Å²) in [6.07, 6.45) is 0.961. The fraction of sp³-hybridized carbons (Fsp3) is 0.550. The Labute approximate surface area is 165 Å². The molecule has 0 saturated carbocycles. The van der Waals surface area contributed by atoms with Crippen molar-refractivity contribution in [2.75, 3.05) is 20.3 Å². The molecule has 8 nitrogen and oxygen atoms in total. The maximum Gasteiger partial charge on any atom is 0.325 e. The average Bonchev–Trinajstić information content (AvgIpc) is 2.93. The van der Waals surface area contributed by atoms with Crippen LogP contribution in [0.15, 0.2) is 18.2 Å². The number of urea groups is 1. The van der Waals surface area contributed by atoms with Crippen molar-refractivity contribution in [2.24, 2.45) is 0 Å². The summed E-state index contributed by atoms with van der Waals surface area (Å²) in [5.74, 6) is 0.437. The number of carbonyl (C=O) groups is 3. The molecule has 154 valence electrons. The molecule has 28 heavy (non-hydrogen) atoms. The van der Waals surface area contributed by atoms with Gasteiger partial charge in [0, 0.05) is 0 Å². The number of hydrogen-bond acceptors (Lipinski definition) is 5. The molecule has 8 heteroatoms. The Morgan fingerprint density at radius 1 is 1.21 bits per heavy atom. The highest BCUT2D eigenvalue weighted by Gasteiger charge is 2.49. The third-order valence-corrected chi connectivity index (χ3v) is 5.12. The molecular formula is C20H29N3O5. The summed E-state index contributed by atoms with van der Waals surface area (Å²) in [6.45, 7) is 7.59. The molecule has 1 fully saturated rings. The lowest BCUT2D eigenvalue weighted by Gasteiger charge is -2.23. The summed E-state index contributed by atoms with van der Waals surface area (Å²) in [5, 5.41) is 5.54. The average molecular weight is 391 g/mol. The number of rotatable bonds is 9. The van der Waals surface area contributed by atoms with Crippen LogP contribution in [0.1, 0.15) is 52.1 Å². The topological polar surface area (TPSA) is 97.0 Å². The van der Waals surface area contributed by atoms with E-state index in [4.69, 9.17) is 9.47 Å². The molecule has 2 rings (SSSR count). The van der Waals surface area contributed by atoms with Crippen molar-refractivity contribution >= 4 is 17.8 Å².